The average Bonchev–Trinajstić information content (AvgIpc) is 3.22. The van der Waals surface area contributed by atoms with Gasteiger partial charge in [0, 0.05) is 33.9 Å². The summed E-state index contributed by atoms with van der Waals surface area (Å²) < 4.78 is 1.94. The van der Waals surface area contributed by atoms with E-state index in [2.05, 4.69) is 78.6 Å². The zero-order valence-electron chi connectivity index (χ0n) is 14.8. The molecule has 0 spiro atoms. The lowest BCUT2D eigenvalue weighted by Crippen LogP contribution is -2.21. The summed E-state index contributed by atoms with van der Waals surface area (Å²) >= 11 is 0. The predicted octanol–water partition coefficient (Wildman–Crippen LogP) is 4.31. The first kappa shape index (κ1) is 15.7. The molecule has 4 heteroatoms. The standard InChI is InChI=1S/C21H22N4/c1-15-20(18-11-7-8-12-19(18)23-15)21(24(2)3)16-13-22-25(14-16)17-9-5-4-6-10-17/h4-14,21,23H,1-3H3. The van der Waals surface area contributed by atoms with Crippen molar-refractivity contribution >= 4 is 10.9 Å². The fourth-order valence-corrected chi connectivity index (χ4v) is 3.57. The molecule has 0 aliphatic carbocycles. The first-order valence-corrected chi connectivity index (χ1v) is 8.49. The number of benzene rings is 2. The van der Waals surface area contributed by atoms with Gasteiger partial charge in [-0.25, -0.2) is 4.68 Å². The summed E-state index contributed by atoms with van der Waals surface area (Å²) in [6, 6.07) is 18.8. The van der Waals surface area contributed by atoms with E-state index in [-0.39, 0.29) is 6.04 Å². The first-order chi connectivity index (χ1) is 12.1. The number of H-pyrrole nitrogens is 1. The monoisotopic (exact) mass is 330 g/mol. The van der Waals surface area contributed by atoms with E-state index in [4.69, 9.17) is 0 Å². The van der Waals surface area contributed by atoms with Crippen LogP contribution < -0.4 is 0 Å². The van der Waals surface area contributed by atoms with Crippen molar-refractivity contribution in [3.8, 4) is 5.69 Å². The van der Waals surface area contributed by atoms with Crippen LogP contribution in [-0.2, 0) is 0 Å². The van der Waals surface area contributed by atoms with Gasteiger partial charge in [0.15, 0.2) is 0 Å². The molecule has 0 saturated heterocycles. The molecule has 0 bridgehead atoms. The number of fused-ring (bicyclic) bond motifs is 1. The normalized spacial score (nSPS) is 12.8. The molecular formula is C21H22N4. The van der Waals surface area contributed by atoms with Gasteiger partial charge in [0.25, 0.3) is 0 Å². The molecule has 126 valence electrons. The number of aromatic nitrogens is 3. The van der Waals surface area contributed by atoms with Crippen LogP contribution >= 0.6 is 0 Å². The smallest absolute Gasteiger partial charge is 0.0651 e. The summed E-state index contributed by atoms with van der Waals surface area (Å²) in [5.41, 5.74) is 5.95. The molecule has 1 unspecified atom stereocenters. The van der Waals surface area contributed by atoms with Gasteiger partial charge in [-0.2, -0.15) is 5.10 Å². The molecule has 0 saturated carbocycles. The van der Waals surface area contributed by atoms with Crippen LogP contribution in [0.2, 0.25) is 0 Å². The third-order valence-corrected chi connectivity index (χ3v) is 4.67. The summed E-state index contributed by atoms with van der Waals surface area (Å²) in [7, 11) is 4.23. The Morgan fingerprint density at radius 2 is 1.72 bits per heavy atom. The van der Waals surface area contributed by atoms with E-state index in [0.29, 0.717) is 0 Å². The largest absolute Gasteiger partial charge is 0.358 e. The maximum atomic E-state index is 4.59. The molecule has 0 aliphatic rings. The molecule has 2 aromatic carbocycles. The lowest BCUT2D eigenvalue weighted by molar-refractivity contribution is 0.343. The second kappa shape index (κ2) is 6.22. The van der Waals surface area contributed by atoms with Gasteiger partial charge in [-0.1, -0.05) is 36.4 Å². The summed E-state index contributed by atoms with van der Waals surface area (Å²) in [4.78, 5) is 5.76. The number of rotatable bonds is 4. The molecule has 1 atom stereocenters. The molecule has 1 N–H and O–H groups in total. The molecule has 0 aliphatic heterocycles. The quantitative estimate of drug-likeness (QED) is 0.605. The zero-order valence-corrected chi connectivity index (χ0v) is 14.8. The maximum absolute atomic E-state index is 4.59. The van der Waals surface area contributed by atoms with Gasteiger partial charge in [0.2, 0.25) is 0 Å². The Balaban J connectivity index is 1.83. The third kappa shape index (κ3) is 2.75. The fourth-order valence-electron chi connectivity index (χ4n) is 3.57. The number of nitrogens with one attached hydrogen (secondary N) is 1. The second-order valence-electron chi connectivity index (χ2n) is 6.63. The molecule has 4 rings (SSSR count). The Labute approximate surface area is 147 Å². The molecule has 0 radical (unpaired) electrons. The van der Waals surface area contributed by atoms with Crippen LogP contribution in [-0.4, -0.2) is 33.8 Å². The van der Waals surface area contributed by atoms with Crippen molar-refractivity contribution in [1.29, 1.82) is 0 Å². The first-order valence-electron chi connectivity index (χ1n) is 8.49. The van der Waals surface area contributed by atoms with Crippen LogP contribution in [0.3, 0.4) is 0 Å². The number of para-hydroxylation sites is 2. The summed E-state index contributed by atoms with van der Waals surface area (Å²) in [5, 5.41) is 5.86. The van der Waals surface area contributed by atoms with Crippen molar-refractivity contribution in [2.75, 3.05) is 14.1 Å². The minimum Gasteiger partial charge on any atom is -0.358 e. The minimum absolute atomic E-state index is 0.147. The minimum atomic E-state index is 0.147. The Hall–Kier alpha value is -2.85. The molecule has 2 aromatic heterocycles. The van der Waals surface area contributed by atoms with Crippen molar-refractivity contribution in [1.82, 2.24) is 19.7 Å². The number of hydrogen-bond acceptors (Lipinski definition) is 2. The highest BCUT2D eigenvalue weighted by atomic mass is 15.3. The molecular weight excluding hydrogens is 308 g/mol. The molecule has 4 nitrogen and oxygen atoms in total. The topological polar surface area (TPSA) is 36.9 Å². The molecule has 2 heterocycles. The molecule has 25 heavy (non-hydrogen) atoms. The Morgan fingerprint density at radius 1 is 1.00 bits per heavy atom. The Bertz CT molecular complexity index is 995. The predicted molar refractivity (Wildman–Crippen MR) is 102 cm³/mol. The van der Waals surface area contributed by atoms with E-state index in [1.165, 1.54) is 27.7 Å². The number of aromatic amines is 1. The van der Waals surface area contributed by atoms with Gasteiger partial charge in [-0.15, -0.1) is 0 Å². The third-order valence-electron chi connectivity index (χ3n) is 4.67. The van der Waals surface area contributed by atoms with Crippen molar-refractivity contribution in [3.05, 3.63) is 83.8 Å². The van der Waals surface area contributed by atoms with Crippen LogP contribution in [0.5, 0.6) is 0 Å². The highest BCUT2D eigenvalue weighted by Crippen LogP contribution is 2.34. The lowest BCUT2D eigenvalue weighted by Gasteiger charge is -2.24. The van der Waals surface area contributed by atoms with Crippen LogP contribution in [0.4, 0.5) is 0 Å². The van der Waals surface area contributed by atoms with E-state index in [0.717, 1.165) is 5.69 Å². The number of hydrogen-bond donors (Lipinski definition) is 1. The van der Waals surface area contributed by atoms with Gasteiger partial charge in [-0.3, -0.25) is 4.90 Å². The zero-order chi connectivity index (χ0) is 17.4. The highest BCUT2D eigenvalue weighted by molar-refractivity contribution is 5.85. The molecule has 0 amide bonds. The summed E-state index contributed by atoms with van der Waals surface area (Å²) in [6.07, 6.45) is 4.10. The lowest BCUT2D eigenvalue weighted by atomic mass is 9.97. The van der Waals surface area contributed by atoms with Crippen LogP contribution in [0.25, 0.3) is 16.6 Å². The van der Waals surface area contributed by atoms with Crippen molar-refractivity contribution in [2.24, 2.45) is 0 Å². The van der Waals surface area contributed by atoms with Crippen LogP contribution in [0.1, 0.15) is 22.9 Å². The summed E-state index contributed by atoms with van der Waals surface area (Å²) in [6.45, 7) is 2.15. The van der Waals surface area contributed by atoms with E-state index in [9.17, 15) is 0 Å². The van der Waals surface area contributed by atoms with Crippen molar-refractivity contribution < 1.29 is 0 Å². The van der Waals surface area contributed by atoms with E-state index >= 15 is 0 Å². The van der Waals surface area contributed by atoms with Crippen LogP contribution in [0.15, 0.2) is 67.0 Å². The summed E-state index contributed by atoms with van der Waals surface area (Å²) in [5.74, 6) is 0. The molecule has 4 aromatic rings. The maximum Gasteiger partial charge on any atom is 0.0651 e. The van der Waals surface area contributed by atoms with Crippen LogP contribution in [0, 0.1) is 6.92 Å². The molecule has 0 fully saturated rings. The number of aryl methyl sites for hydroxylation is 1. The van der Waals surface area contributed by atoms with Crippen molar-refractivity contribution in [2.45, 2.75) is 13.0 Å². The Kier molecular flexibility index (Phi) is 3.90. The van der Waals surface area contributed by atoms with Crippen molar-refractivity contribution in [3.63, 3.8) is 0 Å². The Morgan fingerprint density at radius 3 is 2.48 bits per heavy atom. The highest BCUT2D eigenvalue weighted by Gasteiger charge is 2.24. The second-order valence-corrected chi connectivity index (χ2v) is 6.63. The fraction of sp³-hybridized carbons (Fsp3) is 0.190. The van der Waals surface area contributed by atoms with E-state index < -0.39 is 0 Å². The van der Waals surface area contributed by atoms with Gasteiger partial charge in [0.1, 0.15) is 0 Å². The van der Waals surface area contributed by atoms with Gasteiger partial charge in [0.05, 0.1) is 17.9 Å². The van der Waals surface area contributed by atoms with E-state index in [1.807, 2.05) is 29.1 Å². The number of nitrogens with zero attached hydrogens (tertiary/aromatic N) is 3. The van der Waals surface area contributed by atoms with Gasteiger partial charge in [-0.05, 0) is 39.2 Å². The van der Waals surface area contributed by atoms with Gasteiger partial charge >= 0.3 is 0 Å². The van der Waals surface area contributed by atoms with E-state index in [1.54, 1.807) is 0 Å². The average molecular weight is 330 g/mol. The SMILES string of the molecule is Cc1[nH]c2ccccc2c1C(c1cnn(-c2ccccc2)c1)N(C)C. The van der Waals surface area contributed by atoms with Gasteiger partial charge < -0.3 is 4.98 Å².